The molecule has 0 radical (unpaired) electrons. The van der Waals surface area contributed by atoms with Crippen LogP contribution in [0.15, 0.2) is 36.4 Å². The Kier molecular flexibility index (Phi) is 3.49. The first-order valence-electron chi connectivity index (χ1n) is 6.83. The summed E-state index contributed by atoms with van der Waals surface area (Å²) < 4.78 is 0. The first kappa shape index (κ1) is 13.8. The quantitative estimate of drug-likeness (QED) is 0.747. The molecular formula is C18H22O. The van der Waals surface area contributed by atoms with Crippen molar-refractivity contribution in [3.8, 4) is 0 Å². The van der Waals surface area contributed by atoms with Crippen molar-refractivity contribution in [1.82, 2.24) is 0 Å². The highest BCUT2D eigenvalue weighted by Crippen LogP contribution is 2.29. The average molecular weight is 254 g/mol. The van der Waals surface area contributed by atoms with Crippen molar-refractivity contribution >= 4 is 16.6 Å². The molecule has 0 amide bonds. The number of benzene rings is 2. The molecule has 2 rings (SSSR count). The molecule has 100 valence electrons. The van der Waals surface area contributed by atoms with Crippen molar-refractivity contribution in [3.05, 3.63) is 47.5 Å². The third-order valence-corrected chi connectivity index (χ3v) is 3.65. The Balaban J connectivity index is 2.41. The molecule has 0 spiro atoms. The fraction of sp³-hybridized carbons (Fsp3) is 0.389. The molecule has 2 aromatic rings. The fourth-order valence-electron chi connectivity index (χ4n) is 2.45. The van der Waals surface area contributed by atoms with Crippen LogP contribution in [0.3, 0.4) is 0 Å². The second-order valence-corrected chi connectivity index (χ2v) is 6.45. The maximum atomic E-state index is 12.4. The molecule has 0 N–H and O–H groups in total. The molecule has 0 unspecified atom stereocenters. The van der Waals surface area contributed by atoms with E-state index < -0.39 is 0 Å². The van der Waals surface area contributed by atoms with E-state index in [0.29, 0.717) is 5.78 Å². The van der Waals surface area contributed by atoms with Gasteiger partial charge in [-0.1, -0.05) is 69.7 Å². The highest BCUT2D eigenvalue weighted by molar-refractivity contribution is 5.91. The molecule has 0 saturated heterocycles. The summed E-state index contributed by atoms with van der Waals surface area (Å²) in [6.45, 7) is 10.0. The van der Waals surface area contributed by atoms with E-state index >= 15 is 0 Å². The van der Waals surface area contributed by atoms with Crippen molar-refractivity contribution in [2.75, 3.05) is 0 Å². The van der Waals surface area contributed by atoms with E-state index in [2.05, 4.69) is 43.3 Å². The standard InChI is InChI=1S/C18H22O/c1-12-6-7-16-11-14(8-9-15(16)10-12)13(2)17(19)18(3,4)5/h6-11,13H,1-5H3/t13-/m0/s1. The Morgan fingerprint density at radius 3 is 2.21 bits per heavy atom. The van der Waals surface area contributed by atoms with Gasteiger partial charge in [-0.3, -0.25) is 4.79 Å². The SMILES string of the molecule is Cc1ccc2cc([C@H](C)C(=O)C(C)(C)C)ccc2c1. The highest BCUT2D eigenvalue weighted by atomic mass is 16.1. The monoisotopic (exact) mass is 254 g/mol. The van der Waals surface area contributed by atoms with Gasteiger partial charge in [0.25, 0.3) is 0 Å². The zero-order chi connectivity index (χ0) is 14.2. The smallest absolute Gasteiger partial charge is 0.145 e. The van der Waals surface area contributed by atoms with Crippen molar-refractivity contribution in [1.29, 1.82) is 0 Å². The van der Waals surface area contributed by atoms with Crippen LogP contribution in [0, 0.1) is 12.3 Å². The number of fused-ring (bicyclic) bond motifs is 1. The second-order valence-electron chi connectivity index (χ2n) is 6.45. The molecule has 19 heavy (non-hydrogen) atoms. The third kappa shape index (κ3) is 2.86. The topological polar surface area (TPSA) is 17.1 Å². The van der Waals surface area contributed by atoms with Gasteiger partial charge in [-0.2, -0.15) is 0 Å². The van der Waals surface area contributed by atoms with Crippen LogP contribution in [0.5, 0.6) is 0 Å². The predicted octanol–water partition coefficient (Wildman–Crippen LogP) is 4.87. The van der Waals surface area contributed by atoms with E-state index in [0.717, 1.165) is 5.56 Å². The lowest BCUT2D eigenvalue weighted by Crippen LogP contribution is -2.25. The van der Waals surface area contributed by atoms with E-state index in [-0.39, 0.29) is 11.3 Å². The molecule has 0 aliphatic carbocycles. The summed E-state index contributed by atoms with van der Waals surface area (Å²) in [4.78, 5) is 12.4. The minimum atomic E-state index is -0.290. The van der Waals surface area contributed by atoms with Gasteiger partial charge in [-0.25, -0.2) is 0 Å². The largest absolute Gasteiger partial charge is 0.298 e. The Bertz CT molecular complexity index is 617. The molecule has 1 atom stereocenters. The Morgan fingerprint density at radius 2 is 1.58 bits per heavy atom. The maximum Gasteiger partial charge on any atom is 0.145 e. The Labute approximate surface area is 115 Å². The third-order valence-electron chi connectivity index (χ3n) is 3.65. The second kappa shape index (κ2) is 4.80. The Hall–Kier alpha value is -1.63. The number of rotatable bonds is 2. The lowest BCUT2D eigenvalue weighted by Gasteiger charge is -2.22. The molecule has 0 aromatic heterocycles. The summed E-state index contributed by atoms with van der Waals surface area (Å²) in [6, 6.07) is 12.8. The average Bonchev–Trinajstić information content (AvgIpc) is 2.35. The number of Topliss-reactive ketones (excluding diaryl/α,β-unsaturated/α-hetero) is 1. The van der Waals surface area contributed by atoms with E-state index in [4.69, 9.17) is 0 Å². The van der Waals surface area contributed by atoms with E-state index in [1.54, 1.807) is 0 Å². The van der Waals surface area contributed by atoms with Crippen LogP contribution in [-0.4, -0.2) is 5.78 Å². The van der Waals surface area contributed by atoms with Crippen molar-refractivity contribution in [2.45, 2.75) is 40.5 Å². The van der Waals surface area contributed by atoms with Crippen LogP contribution in [0.25, 0.3) is 10.8 Å². The van der Waals surface area contributed by atoms with Gasteiger partial charge in [0.1, 0.15) is 5.78 Å². The van der Waals surface area contributed by atoms with Gasteiger partial charge < -0.3 is 0 Å². The van der Waals surface area contributed by atoms with Crippen LogP contribution >= 0.6 is 0 Å². The first-order chi connectivity index (χ1) is 8.79. The molecule has 1 nitrogen and oxygen atoms in total. The van der Waals surface area contributed by atoms with Crippen LogP contribution in [0.4, 0.5) is 0 Å². The van der Waals surface area contributed by atoms with Gasteiger partial charge in [-0.05, 0) is 23.3 Å². The van der Waals surface area contributed by atoms with Crippen molar-refractivity contribution in [2.24, 2.45) is 5.41 Å². The van der Waals surface area contributed by atoms with Crippen molar-refractivity contribution in [3.63, 3.8) is 0 Å². The highest BCUT2D eigenvalue weighted by Gasteiger charge is 2.27. The molecule has 0 heterocycles. The fourth-order valence-corrected chi connectivity index (χ4v) is 2.45. The summed E-state index contributed by atoms with van der Waals surface area (Å²) in [5.74, 6) is 0.240. The lowest BCUT2D eigenvalue weighted by atomic mass is 9.80. The van der Waals surface area contributed by atoms with Crippen LogP contribution in [0.1, 0.15) is 44.7 Å². The molecule has 0 aliphatic rings. The molecule has 2 aromatic carbocycles. The van der Waals surface area contributed by atoms with Gasteiger partial charge in [0, 0.05) is 11.3 Å². The van der Waals surface area contributed by atoms with Crippen LogP contribution < -0.4 is 0 Å². The summed E-state index contributed by atoms with van der Waals surface area (Å²) in [7, 11) is 0. The molecule has 0 aliphatic heterocycles. The molecule has 0 fully saturated rings. The number of carbonyl (C=O) groups is 1. The van der Waals surface area contributed by atoms with E-state index in [1.165, 1.54) is 16.3 Å². The minimum absolute atomic E-state index is 0.0503. The summed E-state index contributed by atoms with van der Waals surface area (Å²) in [6.07, 6.45) is 0. The zero-order valence-corrected chi connectivity index (χ0v) is 12.4. The Morgan fingerprint density at radius 1 is 1.00 bits per heavy atom. The van der Waals surface area contributed by atoms with Gasteiger partial charge in [-0.15, -0.1) is 0 Å². The maximum absolute atomic E-state index is 12.4. The van der Waals surface area contributed by atoms with Gasteiger partial charge in [0.05, 0.1) is 0 Å². The lowest BCUT2D eigenvalue weighted by molar-refractivity contribution is -0.127. The number of hydrogen-bond donors (Lipinski definition) is 0. The number of hydrogen-bond acceptors (Lipinski definition) is 1. The normalized spacial score (nSPS) is 13.5. The zero-order valence-electron chi connectivity index (χ0n) is 12.4. The number of aryl methyl sites for hydroxylation is 1. The van der Waals surface area contributed by atoms with Crippen LogP contribution in [0.2, 0.25) is 0 Å². The summed E-state index contributed by atoms with van der Waals surface area (Å²) in [5.41, 5.74) is 2.08. The van der Waals surface area contributed by atoms with Crippen LogP contribution in [-0.2, 0) is 4.79 Å². The van der Waals surface area contributed by atoms with Gasteiger partial charge in [0.15, 0.2) is 0 Å². The summed E-state index contributed by atoms with van der Waals surface area (Å²) >= 11 is 0. The predicted molar refractivity (Wildman–Crippen MR) is 81.6 cm³/mol. The van der Waals surface area contributed by atoms with Gasteiger partial charge >= 0.3 is 0 Å². The first-order valence-corrected chi connectivity index (χ1v) is 6.83. The minimum Gasteiger partial charge on any atom is -0.298 e. The molecule has 0 bridgehead atoms. The summed E-state index contributed by atoms with van der Waals surface area (Å²) in [5, 5.41) is 2.44. The van der Waals surface area contributed by atoms with Crippen molar-refractivity contribution < 1.29 is 4.79 Å². The van der Waals surface area contributed by atoms with Gasteiger partial charge in [0.2, 0.25) is 0 Å². The number of ketones is 1. The molecule has 1 heteroatoms. The number of carbonyl (C=O) groups excluding carboxylic acids is 1. The molecule has 0 saturated carbocycles. The molecular weight excluding hydrogens is 232 g/mol. The van der Waals surface area contributed by atoms with E-state index in [9.17, 15) is 4.79 Å². The van der Waals surface area contributed by atoms with E-state index in [1.807, 2.05) is 27.7 Å².